The summed E-state index contributed by atoms with van der Waals surface area (Å²) in [4.78, 5) is 20.1. The minimum Gasteiger partial charge on any atom is -0.493 e. The summed E-state index contributed by atoms with van der Waals surface area (Å²) in [5.74, 6) is 1.67. The Balaban J connectivity index is 1.43. The van der Waals surface area contributed by atoms with Gasteiger partial charge in [-0.3, -0.25) is 4.79 Å². The number of hydrogen-bond donors (Lipinski definition) is 2. The topological polar surface area (TPSA) is 122 Å². The molecule has 2 saturated heterocycles. The summed E-state index contributed by atoms with van der Waals surface area (Å²) in [5, 5.41) is 3.38. The lowest BCUT2D eigenvalue weighted by molar-refractivity contribution is -0.181. The lowest BCUT2D eigenvalue weighted by Crippen LogP contribution is -2.47. The number of aromatic nitrogens is 2. The average Bonchev–Trinajstić information content (AvgIpc) is 3.54. The number of aryl methyl sites for hydroxylation is 1. The molecule has 3 aromatic rings. The molecular formula is C27H35N5O6. The summed E-state index contributed by atoms with van der Waals surface area (Å²) in [7, 11) is 4.72. The van der Waals surface area contributed by atoms with E-state index in [0.717, 1.165) is 23.1 Å². The van der Waals surface area contributed by atoms with Gasteiger partial charge in [-0.25, -0.2) is 4.98 Å². The van der Waals surface area contributed by atoms with E-state index >= 15 is 0 Å². The van der Waals surface area contributed by atoms with Crippen LogP contribution in [-0.4, -0.2) is 80.3 Å². The van der Waals surface area contributed by atoms with E-state index in [1.54, 1.807) is 21.3 Å². The van der Waals surface area contributed by atoms with E-state index < -0.39 is 5.79 Å². The van der Waals surface area contributed by atoms with Crippen molar-refractivity contribution in [3.63, 3.8) is 0 Å². The predicted octanol–water partition coefficient (Wildman–Crippen LogP) is 3.13. The number of piperidine rings is 1. The predicted molar refractivity (Wildman–Crippen MR) is 143 cm³/mol. The molecule has 0 aliphatic carbocycles. The number of rotatable bonds is 9. The van der Waals surface area contributed by atoms with E-state index in [9.17, 15) is 4.79 Å². The van der Waals surface area contributed by atoms with Gasteiger partial charge in [0.15, 0.2) is 17.3 Å². The van der Waals surface area contributed by atoms with Crippen molar-refractivity contribution in [1.29, 1.82) is 0 Å². The maximum Gasteiger partial charge on any atom is 0.253 e. The van der Waals surface area contributed by atoms with Crippen LogP contribution in [0.4, 0.5) is 11.6 Å². The van der Waals surface area contributed by atoms with Crippen LogP contribution in [0.3, 0.4) is 0 Å². The molecule has 0 atom stereocenters. The first-order chi connectivity index (χ1) is 18.5. The first-order valence-electron chi connectivity index (χ1n) is 12.9. The molecule has 0 radical (unpaired) electrons. The molecule has 1 aromatic heterocycles. The summed E-state index contributed by atoms with van der Waals surface area (Å²) >= 11 is 0. The third-order valence-electron chi connectivity index (χ3n) is 7.13. The van der Waals surface area contributed by atoms with Gasteiger partial charge >= 0.3 is 0 Å². The number of ether oxygens (including phenoxy) is 5. The molecular weight excluding hydrogens is 490 g/mol. The van der Waals surface area contributed by atoms with Crippen molar-refractivity contribution in [2.45, 2.75) is 31.6 Å². The van der Waals surface area contributed by atoms with Gasteiger partial charge in [0.1, 0.15) is 0 Å². The smallest absolute Gasteiger partial charge is 0.253 e. The molecule has 0 bridgehead atoms. The summed E-state index contributed by atoms with van der Waals surface area (Å²) in [6, 6.07) is 9.28. The van der Waals surface area contributed by atoms with Crippen LogP contribution in [0.2, 0.25) is 0 Å². The van der Waals surface area contributed by atoms with Crippen molar-refractivity contribution >= 4 is 28.6 Å². The van der Waals surface area contributed by atoms with Crippen LogP contribution in [0.1, 0.15) is 29.6 Å². The maximum atomic E-state index is 13.4. The number of nitrogens with two attached hydrogens (primary N) is 1. The number of methoxy groups -OCH3 is 3. The Morgan fingerprint density at radius 3 is 2.34 bits per heavy atom. The van der Waals surface area contributed by atoms with Crippen LogP contribution in [0, 0.1) is 0 Å². The van der Waals surface area contributed by atoms with E-state index in [1.165, 1.54) is 0 Å². The number of likely N-dealkylation sites (tertiary alicyclic amines) is 1. The molecule has 2 fully saturated rings. The van der Waals surface area contributed by atoms with Gasteiger partial charge in [0.2, 0.25) is 11.7 Å². The van der Waals surface area contributed by atoms with Gasteiger partial charge in [0.05, 0.1) is 45.6 Å². The molecule has 2 aromatic carbocycles. The molecule has 11 heteroatoms. The van der Waals surface area contributed by atoms with Crippen LogP contribution < -0.4 is 25.3 Å². The number of imidazole rings is 1. The molecule has 2 aliphatic rings. The number of nitrogens with one attached hydrogen (secondary N) is 1. The lowest BCUT2D eigenvalue weighted by atomic mass is 10.0. The third-order valence-corrected chi connectivity index (χ3v) is 7.13. The van der Waals surface area contributed by atoms with Crippen LogP contribution in [0.15, 0.2) is 30.3 Å². The normalized spacial score (nSPS) is 16.7. The highest BCUT2D eigenvalue weighted by atomic mass is 16.7. The minimum absolute atomic E-state index is 0.00884. The molecule has 3 N–H and O–H groups in total. The van der Waals surface area contributed by atoms with Gasteiger partial charge < -0.3 is 44.2 Å². The average molecular weight is 526 g/mol. The standard InChI is InChI=1S/C27H35N5O6/c1-34-22-16-19(17-23(35-2)24(22)36-3)29-26-30-20-6-5-18(15-21(20)32(26)10-4-9-28)25(33)31-11-7-27(8-12-31)37-13-14-38-27/h5-6,15-17H,4,7-14,28H2,1-3H3,(H,29,30). The first-order valence-corrected chi connectivity index (χ1v) is 12.9. The fraction of sp³-hybridized carbons (Fsp3) is 0.481. The lowest BCUT2D eigenvalue weighted by Gasteiger charge is -2.37. The first kappa shape index (κ1) is 26.1. The Morgan fingerprint density at radius 1 is 1.05 bits per heavy atom. The Morgan fingerprint density at radius 2 is 1.74 bits per heavy atom. The highest BCUT2D eigenvalue weighted by Gasteiger charge is 2.40. The maximum absolute atomic E-state index is 13.4. The SMILES string of the molecule is COc1cc(Nc2nc3ccc(C(=O)N4CCC5(CC4)OCCO5)cc3n2CCCN)cc(OC)c1OC. The van der Waals surface area contributed by atoms with E-state index in [-0.39, 0.29) is 5.91 Å². The van der Waals surface area contributed by atoms with Crippen molar-refractivity contribution in [3.05, 3.63) is 35.9 Å². The van der Waals surface area contributed by atoms with Gasteiger partial charge in [-0.05, 0) is 31.2 Å². The number of nitrogens with zero attached hydrogens (tertiary/aromatic N) is 3. The molecule has 11 nitrogen and oxygen atoms in total. The number of benzene rings is 2. The van der Waals surface area contributed by atoms with E-state index in [4.69, 9.17) is 34.4 Å². The molecule has 1 amide bonds. The summed E-state index contributed by atoms with van der Waals surface area (Å²) in [6.07, 6.45) is 2.11. The van der Waals surface area contributed by atoms with Gasteiger partial charge in [-0.1, -0.05) is 0 Å². The van der Waals surface area contributed by atoms with Gasteiger partial charge in [-0.15, -0.1) is 0 Å². The Kier molecular flexibility index (Phi) is 7.59. The summed E-state index contributed by atoms with van der Waals surface area (Å²) < 4.78 is 30.1. The Hall–Kier alpha value is -3.54. The van der Waals surface area contributed by atoms with Crippen LogP contribution in [-0.2, 0) is 16.0 Å². The van der Waals surface area contributed by atoms with Crippen LogP contribution in [0.5, 0.6) is 17.2 Å². The van der Waals surface area contributed by atoms with Crippen LogP contribution in [0.25, 0.3) is 11.0 Å². The molecule has 3 heterocycles. The molecule has 0 unspecified atom stereocenters. The number of hydrogen-bond acceptors (Lipinski definition) is 9. The monoisotopic (exact) mass is 525 g/mol. The molecule has 2 aliphatic heterocycles. The van der Waals surface area contributed by atoms with E-state index in [2.05, 4.69) is 5.32 Å². The molecule has 5 rings (SSSR count). The second-order valence-corrected chi connectivity index (χ2v) is 9.37. The van der Waals surface area contributed by atoms with E-state index in [0.29, 0.717) is 81.0 Å². The Labute approximate surface area is 221 Å². The van der Waals surface area contributed by atoms with E-state index in [1.807, 2.05) is 39.8 Å². The largest absolute Gasteiger partial charge is 0.493 e. The van der Waals surface area contributed by atoms with Gasteiger partial charge in [0.25, 0.3) is 5.91 Å². The summed E-state index contributed by atoms with van der Waals surface area (Å²) in [6.45, 7) is 3.59. The number of carbonyl (C=O) groups is 1. The number of anilines is 2. The fourth-order valence-electron chi connectivity index (χ4n) is 5.13. The number of carbonyl (C=O) groups excluding carboxylic acids is 1. The Bertz CT molecular complexity index is 1270. The number of amides is 1. The zero-order chi connectivity index (χ0) is 26.7. The molecule has 38 heavy (non-hydrogen) atoms. The fourth-order valence-corrected chi connectivity index (χ4v) is 5.13. The third kappa shape index (κ3) is 4.96. The summed E-state index contributed by atoms with van der Waals surface area (Å²) in [5.41, 5.74) is 8.82. The second kappa shape index (κ2) is 11.1. The second-order valence-electron chi connectivity index (χ2n) is 9.37. The quantitative estimate of drug-likeness (QED) is 0.434. The zero-order valence-corrected chi connectivity index (χ0v) is 22.1. The van der Waals surface area contributed by atoms with Crippen molar-refractivity contribution in [3.8, 4) is 17.2 Å². The van der Waals surface area contributed by atoms with Gasteiger partial charge in [-0.2, -0.15) is 0 Å². The highest BCUT2D eigenvalue weighted by Crippen LogP contribution is 2.41. The zero-order valence-electron chi connectivity index (χ0n) is 22.1. The number of fused-ring (bicyclic) bond motifs is 1. The van der Waals surface area contributed by atoms with Crippen molar-refractivity contribution in [2.75, 3.05) is 59.5 Å². The van der Waals surface area contributed by atoms with Crippen molar-refractivity contribution in [2.24, 2.45) is 5.73 Å². The molecule has 0 saturated carbocycles. The van der Waals surface area contributed by atoms with Crippen molar-refractivity contribution in [1.82, 2.24) is 14.5 Å². The van der Waals surface area contributed by atoms with Crippen LogP contribution >= 0.6 is 0 Å². The minimum atomic E-state index is -0.519. The highest BCUT2D eigenvalue weighted by molar-refractivity contribution is 5.98. The molecule has 204 valence electrons. The molecule has 1 spiro atoms. The van der Waals surface area contributed by atoms with Gasteiger partial charge in [0, 0.05) is 55.9 Å². The van der Waals surface area contributed by atoms with Crippen molar-refractivity contribution < 1.29 is 28.5 Å².